The van der Waals surface area contributed by atoms with Gasteiger partial charge in [0, 0.05) is 19.0 Å². The van der Waals surface area contributed by atoms with Crippen LogP contribution in [0.1, 0.15) is 22.6 Å². The van der Waals surface area contributed by atoms with Crippen molar-refractivity contribution in [1.82, 2.24) is 4.90 Å². The van der Waals surface area contributed by atoms with Gasteiger partial charge in [0.25, 0.3) is 0 Å². The maximum atomic E-state index is 11.0. The van der Waals surface area contributed by atoms with Gasteiger partial charge >= 0.3 is 0 Å². The summed E-state index contributed by atoms with van der Waals surface area (Å²) >= 11 is 0. The van der Waals surface area contributed by atoms with Crippen LogP contribution in [0.25, 0.3) is 0 Å². The third-order valence-corrected chi connectivity index (χ3v) is 4.50. The molecule has 0 aromatic heterocycles. The van der Waals surface area contributed by atoms with Crippen LogP contribution in [0.2, 0.25) is 0 Å². The molecule has 1 atom stereocenters. The molecule has 0 spiro atoms. The van der Waals surface area contributed by atoms with Crippen LogP contribution >= 0.6 is 12.4 Å². The molecule has 0 bridgehead atoms. The van der Waals surface area contributed by atoms with Crippen molar-refractivity contribution in [2.75, 3.05) is 13.6 Å². The zero-order valence-electron chi connectivity index (χ0n) is 15.0. The lowest BCUT2D eigenvalue weighted by Crippen LogP contribution is -2.33. The lowest BCUT2D eigenvalue weighted by molar-refractivity contribution is 0.108. The first kappa shape index (κ1) is 20.2. The van der Waals surface area contributed by atoms with Crippen molar-refractivity contribution in [2.45, 2.75) is 18.6 Å². The summed E-state index contributed by atoms with van der Waals surface area (Å²) in [6, 6.07) is 30.9. The zero-order chi connectivity index (χ0) is 17.5. The third kappa shape index (κ3) is 5.43. The second-order valence-corrected chi connectivity index (χ2v) is 6.55. The number of aliphatic hydroxyl groups is 1. The molecular weight excluding hydrogens is 342 g/mol. The first-order valence-corrected chi connectivity index (χ1v) is 8.74. The summed E-state index contributed by atoms with van der Waals surface area (Å²) in [5.74, 6) is -0.0272. The molecule has 0 aliphatic heterocycles. The second kappa shape index (κ2) is 10.1. The number of hydrogen-bond acceptors (Lipinski definition) is 2. The van der Waals surface area contributed by atoms with Gasteiger partial charge in [-0.05, 0) is 23.7 Å². The average molecular weight is 368 g/mol. The van der Waals surface area contributed by atoms with E-state index in [-0.39, 0.29) is 18.3 Å². The van der Waals surface area contributed by atoms with Crippen LogP contribution in [0.4, 0.5) is 0 Å². The Bertz CT molecular complexity index is 709. The van der Waals surface area contributed by atoms with E-state index in [0.717, 1.165) is 17.7 Å². The number of likely N-dealkylation sites (N-methyl/N-ethyl adjacent to an activating group) is 1. The van der Waals surface area contributed by atoms with Gasteiger partial charge in [0.2, 0.25) is 0 Å². The first-order valence-electron chi connectivity index (χ1n) is 8.74. The van der Waals surface area contributed by atoms with Gasteiger partial charge in [0.05, 0.1) is 6.10 Å². The molecule has 1 unspecified atom stereocenters. The number of rotatable bonds is 7. The monoisotopic (exact) mass is 367 g/mol. The molecule has 3 aromatic carbocycles. The molecule has 0 aliphatic carbocycles. The van der Waals surface area contributed by atoms with Crippen LogP contribution < -0.4 is 0 Å². The molecule has 3 heteroatoms. The van der Waals surface area contributed by atoms with Crippen LogP contribution in [0.5, 0.6) is 0 Å². The number of aliphatic hydroxyl groups excluding tert-OH is 1. The minimum Gasteiger partial charge on any atom is -0.391 e. The van der Waals surface area contributed by atoms with E-state index in [0.29, 0.717) is 6.54 Å². The maximum Gasteiger partial charge on any atom is 0.0776 e. The normalized spacial score (nSPS) is 12.0. The van der Waals surface area contributed by atoms with E-state index in [2.05, 4.69) is 60.5 Å². The quantitative estimate of drug-likeness (QED) is 0.652. The van der Waals surface area contributed by atoms with Crippen molar-refractivity contribution >= 4 is 12.4 Å². The van der Waals surface area contributed by atoms with E-state index in [9.17, 15) is 5.11 Å². The molecule has 26 heavy (non-hydrogen) atoms. The molecule has 3 aromatic rings. The highest BCUT2D eigenvalue weighted by atomic mass is 35.5. The van der Waals surface area contributed by atoms with Gasteiger partial charge in [-0.3, -0.25) is 4.90 Å². The van der Waals surface area contributed by atoms with Crippen molar-refractivity contribution in [2.24, 2.45) is 0 Å². The Morgan fingerprint density at radius 3 is 1.62 bits per heavy atom. The van der Waals surface area contributed by atoms with Gasteiger partial charge in [-0.2, -0.15) is 0 Å². The molecule has 0 saturated heterocycles. The summed E-state index contributed by atoms with van der Waals surface area (Å²) in [5.41, 5.74) is 3.55. The van der Waals surface area contributed by atoms with E-state index < -0.39 is 6.10 Å². The van der Waals surface area contributed by atoms with E-state index >= 15 is 0 Å². The molecule has 1 N–H and O–H groups in total. The van der Waals surface area contributed by atoms with Crippen LogP contribution in [0.3, 0.4) is 0 Å². The predicted molar refractivity (Wildman–Crippen MR) is 111 cm³/mol. The lowest BCUT2D eigenvalue weighted by atomic mass is 9.86. The van der Waals surface area contributed by atoms with Gasteiger partial charge < -0.3 is 5.11 Å². The topological polar surface area (TPSA) is 23.5 Å². The molecule has 0 fully saturated rings. The lowest BCUT2D eigenvalue weighted by Gasteiger charge is -2.28. The number of nitrogens with zero attached hydrogens (tertiary/aromatic N) is 1. The van der Waals surface area contributed by atoms with Crippen molar-refractivity contribution in [3.05, 3.63) is 108 Å². The fraction of sp³-hybridized carbons (Fsp3) is 0.217. The summed E-state index contributed by atoms with van der Waals surface area (Å²) in [7, 11) is 2.06. The fourth-order valence-corrected chi connectivity index (χ4v) is 3.34. The van der Waals surface area contributed by atoms with Crippen molar-refractivity contribution < 1.29 is 5.11 Å². The van der Waals surface area contributed by atoms with Crippen LogP contribution in [-0.4, -0.2) is 29.7 Å². The summed E-state index contributed by atoms with van der Waals surface area (Å²) in [4.78, 5) is 2.18. The van der Waals surface area contributed by atoms with E-state index in [1.54, 1.807) is 0 Å². The molecule has 2 nitrogen and oxygen atoms in total. The highest BCUT2D eigenvalue weighted by Gasteiger charge is 2.24. The third-order valence-electron chi connectivity index (χ3n) is 4.50. The van der Waals surface area contributed by atoms with Crippen molar-refractivity contribution in [3.63, 3.8) is 0 Å². The molecule has 0 heterocycles. The van der Waals surface area contributed by atoms with Gasteiger partial charge in [-0.15, -0.1) is 12.4 Å². The van der Waals surface area contributed by atoms with E-state index in [4.69, 9.17) is 0 Å². The fourth-order valence-electron chi connectivity index (χ4n) is 3.34. The van der Waals surface area contributed by atoms with Crippen LogP contribution in [0, 0.1) is 0 Å². The summed E-state index contributed by atoms with van der Waals surface area (Å²) in [6.07, 6.45) is -0.474. The highest BCUT2D eigenvalue weighted by molar-refractivity contribution is 5.85. The van der Waals surface area contributed by atoms with Crippen molar-refractivity contribution in [3.8, 4) is 0 Å². The zero-order valence-corrected chi connectivity index (χ0v) is 15.8. The van der Waals surface area contributed by atoms with E-state index in [1.807, 2.05) is 42.5 Å². The Labute approximate surface area is 162 Å². The minimum atomic E-state index is -0.474. The summed E-state index contributed by atoms with van der Waals surface area (Å²) in [6.45, 7) is 1.44. The Morgan fingerprint density at radius 1 is 0.731 bits per heavy atom. The molecule has 0 amide bonds. The number of hydrogen-bond donors (Lipinski definition) is 1. The number of halogens is 1. The molecule has 0 aliphatic rings. The summed E-state index contributed by atoms with van der Waals surface area (Å²) in [5, 5.41) is 11.0. The van der Waals surface area contributed by atoms with Gasteiger partial charge in [0.15, 0.2) is 0 Å². The Hall–Kier alpha value is -2.13. The minimum absolute atomic E-state index is 0. The van der Waals surface area contributed by atoms with Crippen LogP contribution in [0.15, 0.2) is 91.0 Å². The average Bonchev–Trinajstić information content (AvgIpc) is 2.64. The van der Waals surface area contributed by atoms with Gasteiger partial charge in [-0.1, -0.05) is 91.0 Å². The first-order chi connectivity index (χ1) is 12.2. The Morgan fingerprint density at radius 2 is 1.15 bits per heavy atom. The number of benzene rings is 3. The molecule has 3 rings (SSSR count). The predicted octanol–water partition coefficient (Wildman–Crippen LogP) is 4.73. The molecule has 0 saturated carbocycles. The highest BCUT2D eigenvalue weighted by Crippen LogP contribution is 2.28. The second-order valence-electron chi connectivity index (χ2n) is 6.55. The van der Waals surface area contributed by atoms with Crippen LogP contribution in [-0.2, 0) is 6.54 Å². The summed E-state index contributed by atoms with van der Waals surface area (Å²) < 4.78 is 0. The van der Waals surface area contributed by atoms with Gasteiger partial charge in [0.1, 0.15) is 0 Å². The maximum absolute atomic E-state index is 11.0. The smallest absolute Gasteiger partial charge is 0.0776 e. The molecule has 0 radical (unpaired) electrons. The van der Waals surface area contributed by atoms with Crippen molar-refractivity contribution in [1.29, 1.82) is 0 Å². The SMILES string of the molecule is CN(Cc1ccccc1)CC(O)C(c1ccccc1)c1ccccc1.Cl. The largest absolute Gasteiger partial charge is 0.391 e. The van der Waals surface area contributed by atoms with Gasteiger partial charge in [-0.25, -0.2) is 0 Å². The molecule has 136 valence electrons. The Kier molecular flexibility index (Phi) is 7.86. The Balaban J connectivity index is 0.00000243. The standard InChI is InChI=1S/C23H25NO.ClH/c1-24(17-19-11-5-2-6-12-19)18-22(25)23(20-13-7-3-8-14-20)21-15-9-4-10-16-21;/h2-16,22-23,25H,17-18H2,1H3;1H. The molecular formula is C23H26ClNO. The van der Waals surface area contributed by atoms with E-state index in [1.165, 1.54) is 5.56 Å².